The first-order valence-corrected chi connectivity index (χ1v) is 6.33. The summed E-state index contributed by atoms with van der Waals surface area (Å²) in [7, 11) is 0. The molecule has 0 bridgehead atoms. The summed E-state index contributed by atoms with van der Waals surface area (Å²) < 4.78 is 0. The van der Waals surface area contributed by atoms with Gasteiger partial charge in [-0.25, -0.2) is 4.98 Å². The lowest BCUT2D eigenvalue weighted by molar-refractivity contribution is -0.123. The summed E-state index contributed by atoms with van der Waals surface area (Å²) in [5.41, 5.74) is 6.30. The molecule has 3 N–H and O–H groups in total. The second-order valence-corrected chi connectivity index (χ2v) is 5.70. The summed E-state index contributed by atoms with van der Waals surface area (Å²) in [5.74, 6) is -0.0162. The molecular weight excluding hydrogens is 293 g/mol. The molecule has 1 fully saturated rings. The molecule has 1 aliphatic carbocycles. The molecule has 0 saturated heterocycles. The molecule has 2 rings (SSSR count). The molecule has 18 heavy (non-hydrogen) atoms. The monoisotopic (exact) mass is 311 g/mol. The van der Waals surface area contributed by atoms with Gasteiger partial charge in [0, 0.05) is 17.8 Å². The third-order valence-electron chi connectivity index (χ3n) is 2.94. The number of aromatic nitrogens is 1. The lowest BCUT2D eigenvalue weighted by Crippen LogP contribution is -2.43. The van der Waals surface area contributed by atoms with Crippen molar-refractivity contribution < 1.29 is 4.79 Å². The third kappa shape index (κ3) is 4.09. The van der Waals surface area contributed by atoms with Crippen molar-refractivity contribution in [3.05, 3.63) is 15.6 Å². The van der Waals surface area contributed by atoms with Gasteiger partial charge in [-0.2, -0.15) is 0 Å². The number of nitrogens with one attached hydrogen (secondary N) is 1. The van der Waals surface area contributed by atoms with Crippen molar-refractivity contribution in [1.82, 2.24) is 10.3 Å². The van der Waals surface area contributed by atoms with Gasteiger partial charge in [0.05, 0.1) is 16.2 Å². The first kappa shape index (κ1) is 17.6. The zero-order valence-corrected chi connectivity index (χ0v) is 12.9. The van der Waals surface area contributed by atoms with E-state index in [1.165, 1.54) is 4.88 Å². The van der Waals surface area contributed by atoms with Crippen LogP contribution in [-0.2, 0) is 11.2 Å². The van der Waals surface area contributed by atoms with E-state index in [0.717, 1.165) is 30.0 Å². The summed E-state index contributed by atoms with van der Waals surface area (Å²) in [6.07, 6.45) is 2.42. The first-order chi connectivity index (χ1) is 7.51. The van der Waals surface area contributed by atoms with E-state index in [9.17, 15) is 4.79 Å². The predicted molar refractivity (Wildman–Crippen MR) is 79.0 cm³/mol. The highest BCUT2D eigenvalue weighted by Crippen LogP contribution is 2.32. The van der Waals surface area contributed by atoms with E-state index < -0.39 is 5.54 Å². The molecule has 0 radical (unpaired) electrons. The molecule has 0 aliphatic heterocycles. The van der Waals surface area contributed by atoms with Crippen LogP contribution < -0.4 is 11.1 Å². The maximum Gasteiger partial charge on any atom is 0.240 e. The normalized spacial score (nSPS) is 15.3. The highest BCUT2D eigenvalue weighted by molar-refractivity contribution is 7.11. The maximum atomic E-state index is 11.5. The Hall–Kier alpha value is -0.360. The average Bonchev–Trinajstić information content (AvgIpc) is 2.89. The predicted octanol–water partition coefficient (Wildman–Crippen LogP) is 1.75. The van der Waals surface area contributed by atoms with E-state index >= 15 is 0 Å². The highest BCUT2D eigenvalue weighted by Gasteiger charge is 2.45. The van der Waals surface area contributed by atoms with Crippen molar-refractivity contribution in [1.29, 1.82) is 0 Å². The van der Waals surface area contributed by atoms with E-state index in [2.05, 4.69) is 17.2 Å². The fourth-order valence-electron chi connectivity index (χ4n) is 1.47. The van der Waals surface area contributed by atoms with Gasteiger partial charge in [-0.05, 0) is 26.7 Å². The van der Waals surface area contributed by atoms with Gasteiger partial charge in [0.2, 0.25) is 5.91 Å². The van der Waals surface area contributed by atoms with Crippen molar-refractivity contribution in [2.24, 2.45) is 5.73 Å². The molecule has 1 amide bonds. The number of carbonyl (C=O) groups excluding carboxylic acids is 1. The molecule has 4 nitrogen and oxygen atoms in total. The van der Waals surface area contributed by atoms with Crippen LogP contribution in [0.1, 0.15) is 28.4 Å². The molecule has 0 aromatic carbocycles. The second kappa shape index (κ2) is 6.70. The largest absolute Gasteiger partial charge is 0.354 e. The summed E-state index contributed by atoms with van der Waals surface area (Å²) in [4.78, 5) is 17.2. The molecule has 1 aliphatic rings. The Morgan fingerprint density at radius 1 is 1.44 bits per heavy atom. The standard InChI is InChI=1S/C11H17N3OS.2ClH/c1-7-8(2)16-9(14-7)3-6-13-10(15)11(12)4-5-11;;/h3-6,12H2,1-2H3,(H,13,15);2*1H. The zero-order chi connectivity index (χ0) is 11.8. The number of hydrogen-bond donors (Lipinski definition) is 2. The van der Waals surface area contributed by atoms with E-state index in [-0.39, 0.29) is 30.7 Å². The molecule has 1 aromatic heterocycles. The van der Waals surface area contributed by atoms with Crippen molar-refractivity contribution in [2.45, 2.75) is 38.6 Å². The van der Waals surface area contributed by atoms with Crippen molar-refractivity contribution in [2.75, 3.05) is 6.54 Å². The zero-order valence-electron chi connectivity index (χ0n) is 10.5. The number of halogens is 2. The van der Waals surface area contributed by atoms with Crippen LogP contribution in [-0.4, -0.2) is 23.0 Å². The van der Waals surface area contributed by atoms with E-state index in [1.807, 2.05) is 6.92 Å². The average molecular weight is 312 g/mol. The number of rotatable bonds is 4. The van der Waals surface area contributed by atoms with E-state index in [1.54, 1.807) is 11.3 Å². The minimum atomic E-state index is -0.561. The number of nitrogens with zero attached hydrogens (tertiary/aromatic N) is 1. The Bertz CT molecular complexity index is 399. The second-order valence-electron chi connectivity index (χ2n) is 4.41. The van der Waals surface area contributed by atoms with Crippen LogP contribution in [0, 0.1) is 13.8 Å². The van der Waals surface area contributed by atoms with E-state index in [0.29, 0.717) is 6.54 Å². The number of nitrogens with two attached hydrogens (primary N) is 1. The van der Waals surface area contributed by atoms with Gasteiger partial charge in [-0.15, -0.1) is 36.2 Å². The van der Waals surface area contributed by atoms with Gasteiger partial charge >= 0.3 is 0 Å². The number of thiazole rings is 1. The molecule has 0 atom stereocenters. The van der Waals surface area contributed by atoms with Gasteiger partial charge in [-0.3, -0.25) is 4.79 Å². The topological polar surface area (TPSA) is 68.0 Å². The smallest absolute Gasteiger partial charge is 0.240 e. The van der Waals surface area contributed by atoms with Crippen molar-refractivity contribution in [3.63, 3.8) is 0 Å². The van der Waals surface area contributed by atoms with Gasteiger partial charge in [0.1, 0.15) is 0 Å². The van der Waals surface area contributed by atoms with Gasteiger partial charge < -0.3 is 11.1 Å². The van der Waals surface area contributed by atoms with Gasteiger partial charge in [0.25, 0.3) is 0 Å². The van der Waals surface area contributed by atoms with Crippen LogP contribution >= 0.6 is 36.2 Å². The SMILES string of the molecule is Cc1nc(CCNC(=O)C2(N)CC2)sc1C.Cl.Cl. The molecule has 1 heterocycles. The summed E-state index contributed by atoms with van der Waals surface area (Å²) in [6, 6.07) is 0. The Morgan fingerprint density at radius 3 is 2.50 bits per heavy atom. The van der Waals surface area contributed by atoms with Gasteiger partial charge in [-0.1, -0.05) is 0 Å². The fraction of sp³-hybridized carbons (Fsp3) is 0.636. The number of amides is 1. The third-order valence-corrected chi connectivity index (χ3v) is 4.07. The molecular formula is C11H19Cl2N3OS. The number of carbonyl (C=O) groups is 1. The fourth-order valence-corrected chi connectivity index (χ4v) is 2.40. The van der Waals surface area contributed by atoms with Crippen LogP contribution in [0.3, 0.4) is 0 Å². The lowest BCUT2D eigenvalue weighted by atomic mass is 10.2. The molecule has 0 spiro atoms. The van der Waals surface area contributed by atoms with Crippen molar-refractivity contribution in [3.8, 4) is 0 Å². The number of aryl methyl sites for hydroxylation is 2. The summed E-state index contributed by atoms with van der Waals surface area (Å²) in [6.45, 7) is 4.70. The molecule has 1 saturated carbocycles. The Balaban J connectivity index is 0.00000144. The van der Waals surface area contributed by atoms with Crippen LogP contribution in [0.2, 0.25) is 0 Å². The van der Waals surface area contributed by atoms with Crippen LogP contribution in [0.25, 0.3) is 0 Å². The minimum Gasteiger partial charge on any atom is -0.354 e. The molecule has 104 valence electrons. The molecule has 1 aromatic rings. The van der Waals surface area contributed by atoms with Crippen LogP contribution in [0.4, 0.5) is 0 Å². The maximum absolute atomic E-state index is 11.5. The minimum absolute atomic E-state index is 0. The Kier molecular flexibility index (Phi) is 6.57. The summed E-state index contributed by atoms with van der Waals surface area (Å²) >= 11 is 1.70. The highest BCUT2D eigenvalue weighted by atomic mass is 35.5. The van der Waals surface area contributed by atoms with Gasteiger partial charge in [0.15, 0.2) is 0 Å². The van der Waals surface area contributed by atoms with Crippen molar-refractivity contribution >= 4 is 42.1 Å². The molecule has 7 heteroatoms. The van der Waals surface area contributed by atoms with Crippen LogP contribution in [0.15, 0.2) is 0 Å². The van der Waals surface area contributed by atoms with E-state index in [4.69, 9.17) is 5.73 Å². The molecule has 0 unspecified atom stereocenters. The summed E-state index contributed by atoms with van der Waals surface area (Å²) in [5, 5.41) is 3.95. The Labute approximate surface area is 124 Å². The number of hydrogen-bond acceptors (Lipinski definition) is 4. The lowest BCUT2D eigenvalue weighted by Gasteiger charge is -2.08. The quantitative estimate of drug-likeness (QED) is 0.890. The Morgan fingerprint density at radius 2 is 2.06 bits per heavy atom. The first-order valence-electron chi connectivity index (χ1n) is 5.51. The van der Waals surface area contributed by atoms with Crippen LogP contribution in [0.5, 0.6) is 0 Å².